The highest BCUT2D eigenvalue weighted by Gasteiger charge is 2.23. The molecule has 33 heavy (non-hydrogen) atoms. The first-order chi connectivity index (χ1) is 16.1. The maximum Gasteiger partial charge on any atom is 0.323 e. The van der Waals surface area contributed by atoms with E-state index < -0.39 is 0 Å². The number of benzene rings is 3. The molecule has 0 spiro atoms. The molecule has 4 rings (SSSR count). The quantitative estimate of drug-likeness (QED) is 0.430. The third-order valence-corrected chi connectivity index (χ3v) is 6.47. The van der Waals surface area contributed by atoms with E-state index in [1.165, 1.54) is 4.90 Å². The molecule has 1 aliphatic heterocycles. The molecular weight excluding hydrogens is 432 g/mol. The van der Waals surface area contributed by atoms with Gasteiger partial charge in [0.05, 0.1) is 0 Å². The van der Waals surface area contributed by atoms with E-state index in [4.69, 9.17) is 0 Å². The molecule has 0 saturated carbocycles. The summed E-state index contributed by atoms with van der Waals surface area (Å²) in [7, 11) is 0. The van der Waals surface area contributed by atoms with Crippen LogP contribution in [0.25, 0.3) is 0 Å². The molecule has 3 amide bonds. The summed E-state index contributed by atoms with van der Waals surface area (Å²) in [6.45, 7) is 3.57. The van der Waals surface area contributed by atoms with Gasteiger partial charge in [0.15, 0.2) is 0 Å². The van der Waals surface area contributed by atoms with Crippen LogP contribution < -0.4 is 20.9 Å². The maximum atomic E-state index is 12.4. The van der Waals surface area contributed by atoms with E-state index in [-0.39, 0.29) is 18.0 Å². The van der Waals surface area contributed by atoms with Crippen LogP contribution in [0.5, 0.6) is 0 Å². The molecule has 1 heterocycles. The fraction of sp³-hybridized carbons (Fsp3) is 0.231. The Balaban J connectivity index is 1.26. The summed E-state index contributed by atoms with van der Waals surface area (Å²) < 4.78 is 0. The van der Waals surface area contributed by atoms with Gasteiger partial charge in [-0.2, -0.15) is 0 Å². The average Bonchev–Trinajstić information content (AvgIpc) is 3.30. The Labute approximate surface area is 198 Å². The number of carbonyl (C=O) groups is 2. The van der Waals surface area contributed by atoms with Gasteiger partial charge < -0.3 is 20.9 Å². The zero-order valence-corrected chi connectivity index (χ0v) is 19.4. The lowest BCUT2D eigenvalue weighted by Crippen LogP contribution is -2.36. The zero-order valence-electron chi connectivity index (χ0n) is 18.6. The predicted octanol–water partition coefficient (Wildman–Crippen LogP) is 5.59. The van der Waals surface area contributed by atoms with Gasteiger partial charge in [0.25, 0.3) is 0 Å². The van der Waals surface area contributed by atoms with Crippen LogP contribution in [0.2, 0.25) is 0 Å². The van der Waals surface area contributed by atoms with Gasteiger partial charge in [-0.05, 0) is 67.1 Å². The molecule has 0 radical (unpaired) electrons. The number of hydrogen-bond donors (Lipinski definition) is 3. The highest BCUT2D eigenvalue weighted by molar-refractivity contribution is 7.99. The summed E-state index contributed by atoms with van der Waals surface area (Å²) in [5.74, 6) is 0.0944. The molecule has 1 unspecified atom stereocenters. The van der Waals surface area contributed by atoms with Crippen molar-refractivity contribution >= 4 is 40.8 Å². The van der Waals surface area contributed by atoms with E-state index in [9.17, 15) is 9.59 Å². The SMILES string of the molecule is CCC(=O)NC1CCN(c2ccc(NC(=O)Nc3ccc(Sc4ccccc4)cc3)cc2)C1. The minimum atomic E-state index is -0.283. The van der Waals surface area contributed by atoms with Crippen LogP contribution in [0.15, 0.2) is 88.7 Å². The lowest BCUT2D eigenvalue weighted by molar-refractivity contribution is -0.121. The van der Waals surface area contributed by atoms with Crippen molar-refractivity contribution in [2.75, 3.05) is 28.6 Å². The van der Waals surface area contributed by atoms with Gasteiger partial charge in [0, 0.05) is 52.4 Å². The van der Waals surface area contributed by atoms with Crippen LogP contribution in [-0.2, 0) is 4.79 Å². The minimum absolute atomic E-state index is 0.0944. The largest absolute Gasteiger partial charge is 0.369 e. The fourth-order valence-corrected chi connectivity index (χ4v) is 4.56. The lowest BCUT2D eigenvalue weighted by atomic mass is 10.2. The molecule has 7 heteroatoms. The number of rotatable bonds is 7. The van der Waals surface area contributed by atoms with Crippen LogP contribution in [0.4, 0.5) is 21.9 Å². The Bertz CT molecular complexity index is 1070. The molecule has 0 aromatic heterocycles. The maximum absolute atomic E-state index is 12.4. The first kappa shape index (κ1) is 22.7. The van der Waals surface area contributed by atoms with Gasteiger partial charge in [-0.1, -0.05) is 36.9 Å². The lowest BCUT2D eigenvalue weighted by Gasteiger charge is -2.19. The number of urea groups is 1. The van der Waals surface area contributed by atoms with Gasteiger partial charge in [-0.3, -0.25) is 4.79 Å². The topological polar surface area (TPSA) is 73.5 Å². The normalized spacial score (nSPS) is 15.2. The van der Waals surface area contributed by atoms with Crippen LogP contribution in [-0.4, -0.2) is 31.1 Å². The van der Waals surface area contributed by atoms with E-state index in [0.29, 0.717) is 6.42 Å². The van der Waals surface area contributed by atoms with Crippen molar-refractivity contribution in [1.29, 1.82) is 0 Å². The third-order valence-electron chi connectivity index (χ3n) is 5.46. The van der Waals surface area contributed by atoms with E-state index in [2.05, 4.69) is 33.0 Å². The Kier molecular flexibility index (Phi) is 7.52. The zero-order chi connectivity index (χ0) is 23.0. The number of nitrogens with one attached hydrogen (secondary N) is 3. The number of carbonyl (C=O) groups excluding carboxylic acids is 2. The molecule has 170 valence electrons. The van der Waals surface area contributed by atoms with Gasteiger partial charge in [-0.15, -0.1) is 0 Å². The van der Waals surface area contributed by atoms with E-state index in [0.717, 1.165) is 41.5 Å². The highest BCUT2D eigenvalue weighted by Crippen LogP contribution is 2.28. The molecule has 1 fully saturated rings. The van der Waals surface area contributed by atoms with Crippen molar-refractivity contribution in [1.82, 2.24) is 5.32 Å². The number of nitrogens with zero attached hydrogens (tertiary/aromatic N) is 1. The monoisotopic (exact) mass is 460 g/mol. The second-order valence-corrected chi connectivity index (χ2v) is 9.07. The number of hydrogen-bond acceptors (Lipinski definition) is 4. The minimum Gasteiger partial charge on any atom is -0.369 e. The van der Waals surface area contributed by atoms with Gasteiger partial charge in [0.2, 0.25) is 5.91 Å². The third kappa shape index (κ3) is 6.52. The van der Waals surface area contributed by atoms with Crippen LogP contribution in [0, 0.1) is 0 Å². The van der Waals surface area contributed by atoms with E-state index in [1.54, 1.807) is 11.8 Å². The number of amides is 3. The Hall–Kier alpha value is -3.45. The first-order valence-electron chi connectivity index (χ1n) is 11.1. The Morgan fingerprint density at radius 1 is 0.879 bits per heavy atom. The summed E-state index contributed by atoms with van der Waals surface area (Å²) in [6, 6.07) is 25.7. The van der Waals surface area contributed by atoms with Crippen LogP contribution >= 0.6 is 11.8 Å². The van der Waals surface area contributed by atoms with E-state index in [1.807, 2.05) is 73.7 Å². The second-order valence-electron chi connectivity index (χ2n) is 7.92. The molecule has 0 bridgehead atoms. The predicted molar refractivity (Wildman–Crippen MR) is 135 cm³/mol. The summed E-state index contributed by atoms with van der Waals surface area (Å²) in [5.41, 5.74) is 2.54. The van der Waals surface area contributed by atoms with Gasteiger partial charge >= 0.3 is 6.03 Å². The molecule has 3 aromatic rings. The molecule has 6 nitrogen and oxygen atoms in total. The molecular formula is C26H28N4O2S. The van der Waals surface area contributed by atoms with Gasteiger partial charge in [-0.25, -0.2) is 4.79 Å². The fourth-order valence-electron chi connectivity index (χ4n) is 3.72. The smallest absolute Gasteiger partial charge is 0.323 e. The Morgan fingerprint density at radius 2 is 1.48 bits per heavy atom. The second kappa shape index (κ2) is 10.9. The summed E-state index contributed by atoms with van der Waals surface area (Å²) in [6.07, 6.45) is 1.45. The van der Waals surface area contributed by atoms with Crippen LogP contribution in [0.1, 0.15) is 19.8 Å². The van der Waals surface area contributed by atoms with Crippen LogP contribution in [0.3, 0.4) is 0 Å². The van der Waals surface area contributed by atoms with Gasteiger partial charge in [0.1, 0.15) is 0 Å². The average molecular weight is 461 g/mol. The van der Waals surface area contributed by atoms with Crippen molar-refractivity contribution in [3.05, 3.63) is 78.9 Å². The molecule has 1 saturated heterocycles. The molecule has 1 atom stereocenters. The molecule has 3 N–H and O–H groups in total. The molecule has 0 aliphatic carbocycles. The van der Waals surface area contributed by atoms with Crippen molar-refractivity contribution in [3.63, 3.8) is 0 Å². The number of anilines is 3. The van der Waals surface area contributed by atoms with Crippen molar-refractivity contribution in [2.45, 2.75) is 35.6 Å². The first-order valence-corrected chi connectivity index (χ1v) is 12.0. The van der Waals surface area contributed by atoms with E-state index >= 15 is 0 Å². The Morgan fingerprint density at radius 3 is 2.12 bits per heavy atom. The van der Waals surface area contributed by atoms with Crippen molar-refractivity contribution in [3.8, 4) is 0 Å². The summed E-state index contributed by atoms with van der Waals surface area (Å²) in [5, 5.41) is 8.80. The molecule has 1 aliphatic rings. The summed E-state index contributed by atoms with van der Waals surface area (Å²) >= 11 is 1.68. The standard InChI is InChI=1S/C26H28N4O2S/c1-2-25(31)27-21-16-17-30(18-21)22-12-8-19(9-13-22)28-26(32)29-20-10-14-24(15-11-20)33-23-6-4-3-5-7-23/h3-15,21H,2,16-18H2,1H3,(H,27,31)(H2,28,29,32). The van der Waals surface area contributed by atoms with Crippen molar-refractivity contribution in [2.24, 2.45) is 0 Å². The molecule has 3 aromatic carbocycles. The highest BCUT2D eigenvalue weighted by atomic mass is 32.2. The summed E-state index contributed by atoms with van der Waals surface area (Å²) in [4.78, 5) is 28.5. The van der Waals surface area contributed by atoms with Crippen molar-refractivity contribution < 1.29 is 9.59 Å².